The van der Waals surface area contributed by atoms with Gasteiger partial charge in [-0.15, -0.1) is 0 Å². The highest BCUT2D eigenvalue weighted by atomic mass is 16.5. The number of nitrogens with one attached hydrogen (secondary N) is 1. The minimum atomic E-state index is 0.0545. The van der Waals surface area contributed by atoms with Crippen molar-refractivity contribution in [3.63, 3.8) is 0 Å². The van der Waals surface area contributed by atoms with Gasteiger partial charge in [0.05, 0.1) is 0 Å². The zero-order valence-corrected chi connectivity index (χ0v) is 6.27. The van der Waals surface area contributed by atoms with Crippen LogP contribution in [0.3, 0.4) is 0 Å². The topological polar surface area (TPSA) is 53.7 Å². The fourth-order valence-electron chi connectivity index (χ4n) is 0.949. The Morgan fingerprint density at radius 3 is 2.58 bits per heavy atom. The number of benzene rings is 1. The highest BCUT2D eigenvalue weighted by Gasteiger charge is 2.07. The maximum Gasteiger partial charge on any atom is 0.241 e. The van der Waals surface area contributed by atoms with E-state index in [1.807, 2.05) is 30.3 Å². The Morgan fingerprint density at radius 2 is 2.00 bits per heavy atom. The summed E-state index contributed by atoms with van der Waals surface area (Å²) in [7, 11) is 0. The highest BCUT2D eigenvalue weighted by molar-refractivity contribution is 5.24. The van der Waals surface area contributed by atoms with E-state index in [-0.39, 0.29) is 5.88 Å². The van der Waals surface area contributed by atoms with Crippen LogP contribution < -0.4 is 4.68 Å². The van der Waals surface area contributed by atoms with E-state index in [1.54, 1.807) is 0 Å². The van der Waals surface area contributed by atoms with Crippen molar-refractivity contribution >= 4 is 5.88 Å². The molecule has 0 atom stereocenters. The molecular weight excluding hydrogens is 154 g/mol. The van der Waals surface area contributed by atoms with Crippen LogP contribution in [0, 0.1) is 0 Å². The van der Waals surface area contributed by atoms with Gasteiger partial charge in [0.2, 0.25) is 17.2 Å². The fourth-order valence-corrected chi connectivity index (χ4v) is 0.949. The predicted octanol–water partition coefficient (Wildman–Crippen LogP) is 1.63. The predicted molar refractivity (Wildman–Crippen MR) is 42.0 cm³/mol. The van der Waals surface area contributed by atoms with Crippen LogP contribution in [0.4, 0.5) is 5.88 Å². The summed E-state index contributed by atoms with van der Waals surface area (Å²) in [5, 5.41) is 3.64. The molecule has 1 aromatic heterocycles. The van der Waals surface area contributed by atoms with Gasteiger partial charge >= 0.3 is 0 Å². The number of nitrogens with zero attached hydrogens (tertiary/aromatic N) is 2. The maximum absolute atomic E-state index is 7.12. The first-order chi connectivity index (χ1) is 5.86. The molecule has 4 heteroatoms. The van der Waals surface area contributed by atoms with E-state index in [2.05, 4.69) is 9.79 Å². The van der Waals surface area contributed by atoms with Gasteiger partial charge in [-0.05, 0) is 4.68 Å². The third kappa shape index (κ3) is 1.14. The zero-order chi connectivity index (χ0) is 8.39. The van der Waals surface area contributed by atoms with Crippen molar-refractivity contribution < 1.29 is 9.20 Å². The summed E-state index contributed by atoms with van der Waals surface area (Å²) >= 11 is 0. The van der Waals surface area contributed by atoms with Crippen LogP contribution in [0.25, 0.3) is 11.4 Å². The van der Waals surface area contributed by atoms with E-state index in [9.17, 15) is 0 Å². The van der Waals surface area contributed by atoms with E-state index in [4.69, 9.17) is 5.73 Å². The quantitative estimate of drug-likeness (QED) is 0.597. The lowest BCUT2D eigenvalue weighted by Gasteiger charge is -1.83. The van der Waals surface area contributed by atoms with Gasteiger partial charge < -0.3 is 10.3 Å². The normalized spacial score (nSPS) is 10.0. The Labute approximate surface area is 69.2 Å². The fraction of sp³-hybridized carbons (Fsp3) is 0. The molecule has 1 heterocycles. The van der Waals surface area contributed by atoms with E-state index >= 15 is 0 Å². The highest BCUT2D eigenvalue weighted by Crippen LogP contribution is 2.04. The van der Waals surface area contributed by atoms with E-state index in [0.717, 1.165) is 5.69 Å². The number of rotatable bonds is 1. The van der Waals surface area contributed by atoms with Crippen LogP contribution in [0.1, 0.15) is 0 Å². The average molecular weight is 161 g/mol. The van der Waals surface area contributed by atoms with Gasteiger partial charge in [-0.3, -0.25) is 0 Å². The van der Waals surface area contributed by atoms with Gasteiger partial charge in [0.1, 0.15) is 5.88 Å². The first-order valence-electron chi connectivity index (χ1n) is 3.52. The largest absolute Gasteiger partial charge is 0.660 e. The minimum absolute atomic E-state index is 0.0545. The lowest BCUT2D eigenvalue weighted by molar-refractivity contribution is -0.670. The molecule has 0 spiro atoms. The summed E-state index contributed by atoms with van der Waals surface area (Å²) in [6.07, 6.45) is 1.51. The van der Waals surface area contributed by atoms with Gasteiger partial charge in [0, 0.05) is 12.1 Å². The summed E-state index contributed by atoms with van der Waals surface area (Å²) < 4.78 is 6.11. The Morgan fingerprint density at radius 1 is 1.25 bits per heavy atom. The summed E-state index contributed by atoms with van der Waals surface area (Å²) in [4.78, 5) is 0. The Bertz CT molecular complexity index is 369. The average Bonchev–Trinajstić information content (AvgIpc) is 2.54. The van der Waals surface area contributed by atoms with Crippen LogP contribution in [0.2, 0.25) is 0 Å². The van der Waals surface area contributed by atoms with Gasteiger partial charge in [0.15, 0.2) is 0 Å². The molecule has 0 saturated heterocycles. The standard InChI is InChI=1S/C8H7N3O/c9-8-6-11(10-12-8)7-4-2-1-3-5-7/h1-6,9H. The van der Waals surface area contributed by atoms with E-state index in [1.165, 1.54) is 10.9 Å². The van der Waals surface area contributed by atoms with E-state index < -0.39 is 0 Å². The number of para-hydroxylation sites is 1. The van der Waals surface area contributed by atoms with Gasteiger partial charge in [0.25, 0.3) is 0 Å². The molecule has 4 nitrogen and oxygen atoms in total. The molecule has 0 aliphatic carbocycles. The van der Waals surface area contributed by atoms with Crippen molar-refractivity contribution in [3.8, 4) is 5.69 Å². The van der Waals surface area contributed by atoms with Gasteiger partial charge in [-0.25, -0.2) is 0 Å². The Kier molecular flexibility index (Phi) is 1.51. The summed E-state index contributed by atoms with van der Waals surface area (Å²) in [6.45, 7) is 0. The van der Waals surface area contributed by atoms with Crippen LogP contribution in [0.15, 0.2) is 41.1 Å². The lowest BCUT2D eigenvalue weighted by atomic mass is 10.3. The second-order valence-electron chi connectivity index (χ2n) is 2.35. The smallest absolute Gasteiger partial charge is 0.241 e. The molecular formula is C8H7N3O. The third-order valence-corrected chi connectivity index (χ3v) is 1.49. The molecule has 1 aromatic carbocycles. The molecule has 0 radical (unpaired) electrons. The first kappa shape index (κ1) is 6.84. The third-order valence-electron chi connectivity index (χ3n) is 1.49. The molecule has 0 aliphatic rings. The maximum atomic E-state index is 7.12. The van der Waals surface area contributed by atoms with Crippen LogP contribution in [0.5, 0.6) is 0 Å². The van der Waals surface area contributed by atoms with Crippen molar-refractivity contribution in [1.82, 2.24) is 5.27 Å². The Hall–Kier alpha value is -1.84. The van der Waals surface area contributed by atoms with Crippen LogP contribution in [-0.4, -0.2) is 5.27 Å². The number of hydrogen-bond acceptors (Lipinski definition) is 2. The van der Waals surface area contributed by atoms with Crippen LogP contribution >= 0.6 is 0 Å². The van der Waals surface area contributed by atoms with E-state index in [0.29, 0.717) is 0 Å². The summed E-state index contributed by atoms with van der Waals surface area (Å²) in [5.41, 5.74) is 8.00. The molecule has 0 amide bonds. The zero-order valence-electron chi connectivity index (χ0n) is 6.27. The van der Waals surface area contributed by atoms with Gasteiger partial charge in [-0.2, -0.15) is 0 Å². The molecule has 0 aliphatic heterocycles. The molecule has 2 rings (SSSR count). The van der Waals surface area contributed by atoms with Crippen molar-refractivity contribution in [2.24, 2.45) is 0 Å². The lowest BCUT2D eigenvalue weighted by Crippen LogP contribution is -2.30. The first-order valence-corrected chi connectivity index (χ1v) is 3.52. The second kappa shape index (κ2) is 2.65. The molecule has 0 saturated carbocycles. The monoisotopic (exact) mass is 161 g/mol. The van der Waals surface area contributed by atoms with Crippen LogP contribution in [-0.2, 0) is 0 Å². The molecule has 0 fully saturated rings. The SMILES string of the molecule is [NH-]c1c[n+](-c2ccccc2)no1. The van der Waals surface area contributed by atoms with Crippen molar-refractivity contribution in [3.05, 3.63) is 42.3 Å². The van der Waals surface area contributed by atoms with Crippen molar-refractivity contribution in [1.29, 1.82) is 0 Å². The molecule has 2 aromatic rings. The molecule has 0 bridgehead atoms. The molecule has 0 unspecified atom stereocenters. The molecule has 1 N–H and O–H groups in total. The number of aromatic nitrogens is 2. The molecule has 12 heavy (non-hydrogen) atoms. The summed E-state index contributed by atoms with van der Waals surface area (Å²) in [6, 6.07) is 9.51. The van der Waals surface area contributed by atoms with Crippen molar-refractivity contribution in [2.45, 2.75) is 0 Å². The number of hydrogen-bond donors (Lipinski definition) is 0. The van der Waals surface area contributed by atoms with Gasteiger partial charge in [-0.1, -0.05) is 18.2 Å². The Balaban J connectivity index is 2.45. The minimum Gasteiger partial charge on any atom is -0.660 e. The van der Waals surface area contributed by atoms with Crippen molar-refractivity contribution in [2.75, 3.05) is 0 Å². The summed E-state index contributed by atoms with van der Waals surface area (Å²) in [5.74, 6) is 0.0545. The second-order valence-corrected chi connectivity index (χ2v) is 2.35. The molecule has 60 valence electrons.